The number of aliphatic imine (C=N–C) groups is 1. The SMILES string of the molecule is CCNC(=NCC1(CCOC)CC1)NCC(CC)Oc1cccc(F)c1.I. The van der Waals surface area contributed by atoms with Gasteiger partial charge in [0.2, 0.25) is 0 Å². The lowest BCUT2D eigenvalue weighted by atomic mass is 10.0. The zero-order valence-electron chi connectivity index (χ0n) is 16.6. The summed E-state index contributed by atoms with van der Waals surface area (Å²) in [7, 11) is 1.74. The number of rotatable bonds is 11. The molecule has 154 valence electrons. The molecule has 1 aromatic rings. The van der Waals surface area contributed by atoms with Crippen molar-refractivity contribution >= 4 is 29.9 Å². The Morgan fingerprint density at radius 2 is 2.07 bits per heavy atom. The molecule has 1 aliphatic rings. The van der Waals surface area contributed by atoms with E-state index in [1.807, 2.05) is 0 Å². The molecule has 2 rings (SSSR count). The molecule has 27 heavy (non-hydrogen) atoms. The second kappa shape index (κ2) is 12.4. The summed E-state index contributed by atoms with van der Waals surface area (Å²) in [5, 5.41) is 6.64. The average Bonchev–Trinajstić information content (AvgIpc) is 3.41. The largest absolute Gasteiger partial charge is 0.489 e. The highest BCUT2D eigenvalue weighted by molar-refractivity contribution is 14.0. The van der Waals surface area contributed by atoms with Crippen LogP contribution in [0.3, 0.4) is 0 Å². The van der Waals surface area contributed by atoms with Crippen LogP contribution in [-0.2, 0) is 4.74 Å². The van der Waals surface area contributed by atoms with Crippen molar-refractivity contribution in [1.29, 1.82) is 0 Å². The van der Waals surface area contributed by atoms with E-state index in [1.165, 1.54) is 25.0 Å². The molecule has 1 aliphatic carbocycles. The first-order valence-corrected chi connectivity index (χ1v) is 9.54. The molecule has 0 bridgehead atoms. The van der Waals surface area contributed by atoms with E-state index in [1.54, 1.807) is 19.2 Å². The molecule has 0 heterocycles. The fourth-order valence-corrected chi connectivity index (χ4v) is 2.78. The maximum Gasteiger partial charge on any atom is 0.191 e. The fourth-order valence-electron chi connectivity index (χ4n) is 2.78. The van der Waals surface area contributed by atoms with Gasteiger partial charge in [0.25, 0.3) is 0 Å². The van der Waals surface area contributed by atoms with Crippen LogP contribution in [0, 0.1) is 11.2 Å². The molecule has 0 aromatic heterocycles. The van der Waals surface area contributed by atoms with Gasteiger partial charge in [0.1, 0.15) is 17.7 Å². The maximum absolute atomic E-state index is 13.3. The second-order valence-corrected chi connectivity index (χ2v) is 6.92. The summed E-state index contributed by atoms with van der Waals surface area (Å²) in [6.07, 6.45) is 4.27. The molecule has 1 saturated carbocycles. The molecule has 0 amide bonds. The van der Waals surface area contributed by atoms with Crippen molar-refractivity contribution in [3.05, 3.63) is 30.1 Å². The summed E-state index contributed by atoms with van der Waals surface area (Å²) in [5.41, 5.74) is 0.320. The number of hydrogen-bond acceptors (Lipinski definition) is 3. The van der Waals surface area contributed by atoms with Gasteiger partial charge in [-0.15, -0.1) is 24.0 Å². The van der Waals surface area contributed by atoms with Gasteiger partial charge in [-0.05, 0) is 50.2 Å². The van der Waals surface area contributed by atoms with E-state index < -0.39 is 0 Å². The maximum atomic E-state index is 13.3. The summed E-state index contributed by atoms with van der Waals surface area (Å²) < 4.78 is 24.4. The zero-order chi connectivity index (χ0) is 18.8. The number of nitrogens with one attached hydrogen (secondary N) is 2. The standard InChI is InChI=1S/C20H32FN3O2.HI/c1-4-17(26-18-8-6-7-16(21)13-18)14-23-19(22-5-2)24-15-20(9-10-20)11-12-25-3;/h6-8,13,17H,4-5,9-12,14-15H2,1-3H3,(H2,22,23,24);1H. The molecule has 0 saturated heterocycles. The molecule has 2 N–H and O–H groups in total. The second-order valence-electron chi connectivity index (χ2n) is 6.92. The van der Waals surface area contributed by atoms with E-state index in [9.17, 15) is 4.39 Å². The molecule has 1 fully saturated rings. The van der Waals surface area contributed by atoms with Crippen LogP contribution in [0.5, 0.6) is 5.75 Å². The Balaban J connectivity index is 0.00000364. The van der Waals surface area contributed by atoms with Crippen molar-refractivity contribution in [2.75, 3.05) is 33.4 Å². The summed E-state index contributed by atoms with van der Waals surface area (Å²) in [5.74, 6) is 1.07. The Labute approximate surface area is 179 Å². The quantitative estimate of drug-likeness (QED) is 0.278. The third-order valence-corrected chi connectivity index (χ3v) is 4.76. The van der Waals surface area contributed by atoms with Gasteiger partial charge in [-0.2, -0.15) is 0 Å². The van der Waals surface area contributed by atoms with Gasteiger partial charge in [0.15, 0.2) is 5.96 Å². The Morgan fingerprint density at radius 1 is 1.30 bits per heavy atom. The Bertz CT molecular complexity index is 582. The minimum atomic E-state index is -0.286. The third kappa shape index (κ3) is 8.64. The van der Waals surface area contributed by atoms with Crippen molar-refractivity contribution in [3.8, 4) is 5.75 Å². The van der Waals surface area contributed by atoms with E-state index in [-0.39, 0.29) is 35.9 Å². The lowest BCUT2D eigenvalue weighted by molar-refractivity contribution is 0.174. The van der Waals surface area contributed by atoms with Crippen molar-refractivity contribution < 1.29 is 13.9 Å². The lowest BCUT2D eigenvalue weighted by Gasteiger charge is -2.20. The van der Waals surface area contributed by atoms with Crippen LogP contribution >= 0.6 is 24.0 Å². The molecule has 1 aromatic carbocycles. The minimum Gasteiger partial charge on any atom is -0.489 e. The van der Waals surface area contributed by atoms with Crippen molar-refractivity contribution in [3.63, 3.8) is 0 Å². The van der Waals surface area contributed by atoms with E-state index >= 15 is 0 Å². The normalized spacial score (nSPS) is 16.2. The first-order valence-electron chi connectivity index (χ1n) is 9.54. The van der Waals surface area contributed by atoms with E-state index in [2.05, 4.69) is 24.5 Å². The number of nitrogens with zero attached hydrogens (tertiary/aromatic N) is 1. The summed E-state index contributed by atoms with van der Waals surface area (Å²) >= 11 is 0. The predicted octanol–water partition coefficient (Wildman–Crippen LogP) is 3.97. The topological polar surface area (TPSA) is 54.9 Å². The van der Waals surface area contributed by atoms with E-state index in [0.29, 0.717) is 17.7 Å². The van der Waals surface area contributed by atoms with Crippen molar-refractivity contribution in [2.45, 2.75) is 45.6 Å². The molecule has 1 unspecified atom stereocenters. The predicted molar refractivity (Wildman–Crippen MR) is 119 cm³/mol. The molecule has 5 nitrogen and oxygen atoms in total. The lowest BCUT2D eigenvalue weighted by Crippen LogP contribution is -2.42. The van der Waals surface area contributed by atoms with Crippen molar-refractivity contribution in [1.82, 2.24) is 10.6 Å². The van der Waals surface area contributed by atoms with Crippen LogP contribution in [0.4, 0.5) is 4.39 Å². The molecular formula is C20H33FIN3O2. The van der Waals surface area contributed by atoms with Gasteiger partial charge in [-0.3, -0.25) is 4.99 Å². The average molecular weight is 493 g/mol. The molecule has 0 radical (unpaired) electrons. The highest BCUT2D eigenvalue weighted by Gasteiger charge is 2.41. The molecule has 0 spiro atoms. The number of benzene rings is 1. The highest BCUT2D eigenvalue weighted by Crippen LogP contribution is 2.48. The van der Waals surface area contributed by atoms with Crippen LogP contribution < -0.4 is 15.4 Å². The Hall–Kier alpha value is -1.09. The van der Waals surface area contributed by atoms with Crippen LogP contribution in [0.2, 0.25) is 0 Å². The van der Waals surface area contributed by atoms with Gasteiger partial charge in [-0.1, -0.05) is 13.0 Å². The number of ether oxygens (including phenoxy) is 2. The van der Waals surface area contributed by atoms with Gasteiger partial charge in [0, 0.05) is 32.9 Å². The number of hydrogen-bond donors (Lipinski definition) is 2. The van der Waals surface area contributed by atoms with Crippen LogP contribution in [0.15, 0.2) is 29.3 Å². The van der Waals surface area contributed by atoms with Crippen molar-refractivity contribution in [2.24, 2.45) is 10.4 Å². The summed E-state index contributed by atoms with van der Waals surface area (Å²) in [6, 6.07) is 6.26. The summed E-state index contributed by atoms with van der Waals surface area (Å²) in [6.45, 7) is 7.13. The first-order chi connectivity index (χ1) is 12.6. The van der Waals surface area contributed by atoms with Crippen LogP contribution in [0.25, 0.3) is 0 Å². The van der Waals surface area contributed by atoms with Crippen LogP contribution in [0.1, 0.15) is 39.5 Å². The zero-order valence-corrected chi connectivity index (χ0v) is 18.9. The molecule has 1 atom stereocenters. The molecular weight excluding hydrogens is 460 g/mol. The molecule has 0 aliphatic heterocycles. The highest BCUT2D eigenvalue weighted by atomic mass is 127. The van der Waals surface area contributed by atoms with Gasteiger partial charge in [0.05, 0.1) is 6.54 Å². The van der Waals surface area contributed by atoms with E-state index in [0.717, 1.165) is 38.5 Å². The van der Waals surface area contributed by atoms with E-state index in [4.69, 9.17) is 14.5 Å². The minimum absolute atomic E-state index is 0. The third-order valence-electron chi connectivity index (χ3n) is 4.76. The van der Waals surface area contributed by atoms with Gasteiger partial charge in [-0.25, -0.2) is 4.39 Å². The fraction of sp³-hybridized carbons (Fsp3) is 0.650. The number of halogens is 2. The smallest absolute Gasteiger partial charge is 0.191 e. The number of methoxy groups -OCH3 is 1. The Kier molecular flexibility index (Phi) is 11.0. The Morgan fingerprint density at radius 3 is 2.67 bits per heavy atom. The van der Waals surface area contributed by atoms with Gasteiger partial charge < -0.3 is 20.1 Å². The van der Waals surface area contributed by atoms with Gasteiger partial charge >= 0.3 is 0 Å². The molecule has 7 heteroatoms. The monoisotopic (exact) mass is 493 g/mol. The first kappa shape index (κ1) is 23.9. The van der Waals surface area contributed by atoms with Crippen LogP contribution in [-0.4, -0.2) is 45.4 Å². The number of guanidine groups is 1. The summed E-state index contributed by atoms with van der Waals surface area (Å²) in [4.78, 5) is 4.75.